The lowest BCUT2D eigenvalue weighted by Gasteiger charge is -2.18. The number of carbonyl (C=O) groups excluding carboxylic acids is 1. The molecule has 6 nitrogen and oxygen atoms in total. The summed E-state index contributed by atoms with van der Waals surface area (Å²) in [5, 5.41) is 14.2. The van der Waals surface area contributed by atoms with Crippen LogP contribution in [0.15, 0.2) is 36.7 Å². The highest BCUT2D eigenvalue weighted by molar-refractivity contribution is 6.30. The second-order valence-electron chi connectivity index (χ2n) is 6.38. The Morgan fingerprint density at radius 3 is 2.72 bits per heavy atom. The number of nitrogens with zero attached hydrogens (tertiary/aromatic N) is 3. The average molecular weight is 362 g/mol. The van der Waals surface area contributed by atoms with Crippen molar-refractivity contribution in [2.24, 2.45) is 5.92 Å². The van der Waals surface area contributed by atoms with Crippen LogP contribution in [0, 0.1) is 12.8 Å². The van der Waals surface area contributed by atoms with Gasteiger partial charge in [-0.25, -0.2) is 0 Å². The van der Waals surface area contributed by atoms with Crippen molar-refractivity contribution in [1.82, 2.24) is 14.7 Å². The van der Waals surface area contributed by atoms with Crippen molar-refractivity contribution in [3.8, 4) is 0 Å². The molecule has 0 unspecified atom stereocenters. The van der Waals surface area contributed by atoms with Gasteiger partial charge in [0.05, 0.1) is 17.1 Å². The van der Waals surface area contributed by atoms with Gasteiger partial charge in [-0.15, -0.1) is 0 Å². The molecule has 2 heterocycles. The first-order valence-electron chi connectivity index (χ1n) is 8.19. The van der Waals surface area contributed by atoms with E-state index in [1.807, 2.05) is 31.2 Å². The Bertz CT molecular complexity index is 789. The molecule has 0 saturated carbocycles. The summed E-state index contributed by atoms with van der Waals surface area (Å²) in [6.07, 6.45) is 3.45. The van der Waals surface area contributed by atoms with Gasteiger partial charge in [-0.05, 0) is 18.1 Å². The molecule has 7 heteroatoms. The summed E-state index contributed by atoms with van der Waals surface area (Å²) >= 11 is 5.81. The lowest BCUT2D eigenvalue weighted by atomic mass is 9.86. The maximum atomic E-state index is 12.5. The third-order valence-electron chi connectivity index (χ3n) is 4.73. The van der Waals surface area contributed by atoms with E-state index in [1.54, 1.807) is 15.8 Å². The van der Waals surface area contributed by atoms with Crippen LogP contribution in [0.2, 0.25) is 5.02 Å². The maximum absolute atomic E-state index is 12.5. The summed E-state index contributed by atoms with van der Waals surface area (Å²) in [5.41, 5.74) is 2.06. The Hall–Kier alpha value is -2.34. The van der Waals surface area contributed by atoms with Crippen molar-refractivity contribution in [3.63, 3.8) is 0 Å². The number of hydrogen-bond acceptors (Lipinski definition) is 3. The van der Waals surface area contributed by atoms with Crippen molar-refractivity contribution in [2.45, 2.75) is 25.8 Å². The number of carboxylic acids is 1. The van der Waals surface area contributed by atoms with Gasteiger partial charge in [0, 0.05) is 38.2 Å². The molecule has 1 fully saturated rings. The van der Waals surface area contributed by atoms with E-state index in [1.165, 1.54) is 6.20 Å². The van der Waals surface area contributed by atoms with Crippen LogP contribution in [0.4, 0.5) is 0 Å². The summed E-state index contributed by atoms with van der Waals surface area (Å²) in [6, 6.07) is 7.77. The second-order valence-corrected chi connectivity index (χ2v) is 6.81. The van der Waals surface area contributed by atoms with E-state index in [-0.39, 0.29) is 24.8 Å². The molecule has 0 spiro atoms. The van der Waals surface area contributed by atoms with Gasteiger partial charge >= 0.3 is 5.97 Å². The van der Waals surface area contributed by atoms with E-state index in [0.717, 1.165) is 11.1 Å². The number of amides is 1. The minimum absolute atomic E-state index is 0.0612. The maximum Gasteiger partial charge on any atom is 0.308 e. The van der Waals surface area contributed by atoms with E-state index in [4.69, 9.17) is 11.6 Å². The normalized spacial score (nSPS) is 20.0. The van der Waals surface area contributed by atoms with Crippen LogP contribution < -0.4 is 0 Å². The fraction of sp³-hybridized carbons (Fsp3) is 0.389. The quantitative estimate of drug-likeness (QED) is 0.888. The fourth-order valence-corrected chi connectivity index (χ4v) is 3.56. The minimum atomic E-state index is -0.859. The molecule has 1 aromatic heterocycles. The predicted octanol–water partition coefficient (Wildman–Crippen LogP) is 2.56. The first-order chi connectivity index (χ1) is 12.0. The average Bonchev–Trinajstić information content (AvgIpc) is 3.19. The Kier molecular flexibility index (Phi) is 5.08. The third kappa shape index (κ3) is 3.85. The zero-order chi connectivity index (χ0) is 18.0. The summed E-state index contributed by atoms with van der Waals surface area (Å²) in [4.78, 5) is 25.8. The number of benzene rings is 1. The molecule has 1 aliphatic rings. The molecule has 2 aromatic rings. The zero-order valence-electron chi connectivity index (χ0n) is 13.9. The monoisotopic (exact) mass is 361 g/mol. The molecule has 1 aliphatic heterocycles. The lowest BCUT2D eigenvalue weighted by molar-refractivity contribution is -0.141. The first-order valence-corrected chi connectivity index (χ1v) is 8.57. The van der Waals surface area contributed by atoms with Crippen molar-refractivity contribution < 1.29 is 14.7 Å². The number of rotatable bonds is 5. The topological polar surface area (TPSA) is 75.4 Å². The molecule has 132 valence electrons. The third-order valence-corrected chi connectivity index (χ3v) is 4.93. The predicted molar refractivity (Wildman–Crippen MR) is 93.5 cm³/mol. The fourth-order valence-electron chi connectivity index (χ4n) is 3.40. The van der Waals surface area contributed by atoms with E-state index < -0.39 is 11.9 Å². The first kappa shape index (κ1) is 17.5. The van der Waals surface area contributed by atoms with Gasteiger partial charge in [0.25, 0.3) is 0 Å². The number of aliphatic carboxylic acids is 1. The van der Waals surface area contributed by atoms with Gasteiger partial charge in [0.2, 0.25) is 5.91 Å². The number of likely N-dealkylation sites (tertiary alicyclic amines) is 1. The smallest absolute Gasteiger partial charge is 0.308 e. The van der Waals surface area contributed by atoms with Crippen LogP contribution in [-0.2, 0) is 16.1 Å². The molecule has 1 N–H and O–H groups in total. The Morgan fingerprint density at radius 1 is 1.32 bits per heavy atom. The van der Waals surface area contributed by atoms with Crippen LogP contribution in [0.1, 0.15) is 23.5 Å². The van der Waals surface area contributed by atoms with Crippen molar-refractivity contribution in [2.75, 3.05) is 13.1 Å². The number of carboxylic acid groups (broad SMARTS) is 1. The van der Waals surface area contributed by atoms with Crippen LogP contribution in [0.5, 0.6) is 0 Å². The number of aromatic nitrogens is 2. The van der Waals surface area contributed by atoms with Crippen molar-refractivity contribution in [1.29, 1.82) is 0 Å². The molecule has 3 rings (SSSR count). The lowest BCUT2D eigenvalue weighted by Crippen LogP contribution is -2.30. The summed E-state index contributed by atoms with van der Waals surface area (Å²) in [7, 11) is 0. The zero-order valence-corrected chi connectivity index (χ0v) is 14.7. The van der Waals surface area contributed by atoms with Gasteiger partial charge in [0.15, 0.2) is 0 Å². The van der Waals surface area contributed by atoms with Crippen LogP contribution >= 0.6 is 11.6 Å². The van der Waals surface area contributed by atoms with E-state index in [0.29, 0.717) is 18.1 Å². The standard InChI is InChI=1S/C18H20ClN3O3/c1-12-4-2-3-5-14(12)15-10-21(11-16(15)18(24)25)17(23)6-7-22-9-13(19)8-20-22/h2-5,8-9,15-16H,6-7,10-11H2,1H3,(H,24,25)/t15-,16+/m0/s1. The SMILES string of the molecule is Cc1ccccc1[C@@H]1CN(C(=O)CCn2cc(Cl)cn2)C[C@H]1C(=O)O. The van der Waals surface area contributed by atoms with Crippen LogP contribution in [-0.4, -0.2) is 44.8 Å². The second kappa shape index (κ2) is 7.27. The molecule has 1 aromatic carbocycles. The van der Waals surface area contributed by atoms with Gasteiger partial charge in [-0.1, -0.05) is 35.9 Å². The summed E-state index contributed by atoms with van der Waals surface area (Å²) < 4.78 is 1.61. The molecule has 0 radical (unpaired) electrons. The largest absolute Gasteiger partial charge is 0.481 e. The highest BCUT2D eigenvalue weighted by Gasteiger charge is 2.40. The van der Waals surface area contributed by atoms with Crippen molar-refractivity contribution in [3.05, 3.63) is 52.8 Å². The molecule has 1 amide bonds. The molecule has 1 saturated heterocycles. The molecular weight excluding hydrogens is 342 g/mol. The molecule has 0 aliphatic carbocycles. The van der Waals surface area contributed by atoms with E-state index >= 15 is 0 Å². The van der Waals surface area contributed by atoms with Crippen LogP contribution in [0.3, 0.4) is 0 Å². The Labute approximate surface area is 151 Å². The van der Waals surface area contributed by atoms with E-state index in [2.05, 4.69) is 5.10 Å². The summed E-state index contributed by atoms with van der Waals surface area (Å²) in [5.74, 6) is -1.68. The molecular formula is C18H20ClN3O3. The number of halogens is 1. The van der Waals surface area contributed by atoms with Gasteiger partial charge in [-0.2, -0.15) is 5.10 Å². The van der Waals surface area contributed by atoms with Crippen molar-refractivity contribution >= 4 is 23.5 Å². The Balaban J connectivity index is 1.70. The number of carbonyl (C=O) groups is 2. The summed E-state index contributed by atoms with van der Waals surface area (Å²) in [6.45, 7) is 3.07. The van der Waals surface area contributed by atoms with E-state index in [9.17, 15) is 14.7 Å². The van der Waals surface area contributed by atoms with Gasteiger partial charge in [0.1, 0.15) is 0 Å². The highest BCUT2D eigenvalue weighted by atomic mass is 35.5. The number of hydrogen-bond donors (Lipinski definition) is 1. The Morgan fingerprint density at radius 2 is 2.08 bits per heavy atom. The minimum Gasteiger partial charge on any atom is -0.481 e. The van der Waals surface area contributed by atoms with Crippen LogP contribution in [0.25, 0.3) is 0 Å². The highest BCUT2D eigenvalue weighted by Crippen LogP contribution is 2.34. The molecule has 0 bridgehead atoms. The van der Waals surface area contributed by atoms with Gasteiger partial charge < -0.3 is 10.0 Å². The molecule has 25 heavy (non-hydrogen) atoms. The number of aryl methyl sites for hydroxylation is 2. The van der Waals surface area contributed by atoms with Gasteiger partial charge in [-0.3, -0.25) is 14.3 Å². The molecule has 2 atom stereocenters.